The quantitative estimate of drug-likeness (QED) is 0.551. The van der Waals surface area contributed by atoms with Crippen LogP contribution in [-0.4, -0.2) is 30.9 Å². The fourth-order valence-corrected chi connectivity index (χ4v) is 1.40. The highest BCUT2D eigenvalue weighted by Crippen LogP contribution is 2.13. The van der Waals surface area contributed by atoms with Crippen molar-refractivity contribution in [1.29, 1.82) is 0 Å². The number of hydrogen-bond acceptors (Lipinski definition) is 2. The lowest BCUT2D eigenvalue weighted by molar-refractivity contribution is -0.123. The molecule has 0 aromatic carbocycles. The summed E-state index contributed by atoms with van der Waals surface area (Å²) >= 11 is 0. The van der Waals surface area contributed by atoms with Crippen molar-refractivity contribution in [1.82, 2.24) is 4.90 Å². The van der Waals surface area contributed by atoms with Gasteiger partial charge < -0.3 is 10.6 Å². The molecule has 0 unspecified atom stereocenters. The van der Waals surface area contributed by atoms with Crippen LogP contribution in [0.15, 0.2) is 0 Å². The third kappa shape index (κ3) is 1.70. The Bertz CT molecular complexity index is 136. The van der Waals surface area contributed by atoms with E-state index in [4.69, 9.17) is 5.73 Å². The Kier molecular flexibility index (Phi) is 2.27. The molecule has 1 amide bonds. The minimum atomic E-state index is -0.147. The molecule has 0 radical (unpaired) electrons. The molecule has 10 heavy (non-hydrogen) atoms. The van der Waals surface area contributed by atoms with E-state index in [0.29, 0.717) is 0 Å². The van der Waals surface area contributed by atoms with Gasteiger partial charge >= 0.3 is 0 Å². The molecule has 0 aliphatic carbocycles. The largest absolute Gasteiger partial charge is 0.369 e. The van der Waals surface area contributed by atoms with Crippen LogP contribution in [0, 0.1) is 5.92 Å². The second-order valence-electron chi connectivity index (χ2n) is 3.00. The molecule has 2 N–H and O–H groups in total. The second-order valence-corrected chi connectivity index (χ2v) is 3.00. The smallest absolute Gasteiger partial charge is 0.221 e. The van der Waals surface area contributed by atoms with E-state index in [9.17, 15) is 4.79 Å². The molecule has 3 nitrogen and oxygen atoms in total. The number of hydrogen-bond donors (Lipinski definition) is 1. The van der Waals surface area contributed by atoms with Crippen molar-refractivity contribution < 1.29 is 4.79 Å². The van der Waals surface area contributed by atoms with Gasteiger partial charge in [0.25, 0.3) is 0 Å². The minimum Gasteiger partial charge on any atom is -0.369 e. The minimum absolute atomic E-state index is 0.0961. The number of amides is 1. The summed E-state index contributed by atoms with van der Waals surface area (Å²) in [5.41, 5.74) is 5.16. The highest BCUT2D eigenvalue weighted by molar-refractivity contribution is 5.76. The molecule has 58 valence electrons. The van der Waals surface area contributed by atoms with Gasteiger partial charge in [-0.2, -0.15) is 0 Å². The number of carbonyl (C=O) groups is 1. The van der Waals surface area contributed by atoms with Gasteiger partial charge in [-0.1, -0.05) is 0 Å². The molecule has 1 atom stereocenters. The monoisotopic (exact) mass is 142 g/mol. The Morgan fingerprint density at radius 1 is 1.70 bits per heavy atom. The summed E-state index contributed by atoms with van der Waals surface area (Å²) < 4.78 is 0. The van der Waals surface area contributed by atoms with Crippen LogP contribution in [0.25, 0.3) is 0 Å². The van der Waals surface area contributed by atoms with E-state index in [1.807, 2.05) is 7.05 Å². The number of nitrogens with two attached hydrogens (primary N) is 1. The van der Waals surface area contributed by atoms with Gasteiger partial charge in [-0.05, 0) is 26.4 Å². The van der Waals surface area contributed by atoms with E-state index < -0.39 is 0 Å². The van der Waals surface area contributed by atoms with Crippen LogP contribution in [0.1, 0.15) is 12.8 Å². The first kappa shape index (κ1) is 7.54. The van der Waals surface area contributed by atoms with Crippen LogP contribution < -0.4 is 5.73 Å². The van der Waals surface area contributed by atoms with Crippen molar-refractivity contribution in [2.45, 2.75) is 12.8 Å². The van der Waals surface area contributed by atoms with Gasteiger partial charge in [0.1, 0.15) is 0 Å². The zero-order valence-corrected chi connectivity index (χ0v) is 6.34. The van der Waals surface area contributed by atoms with E-state index in [0.717, 1.165) is 25.9 Å². The van der Waals surface area contributed by atoms with Crippen LogP contribution in [0.5, 0.6) is 0 Å². The van der Waals surface area contributed by atoms with Gasteiger partial charge in [0, 0.05) is 6.54 Å². The van der Waals surface area contributed by atoms with Crippen molar-refractivity contribution in [3.8, 4) is 0 Å². The molecule has 1 aliphatic heterocycles. The van der Waals surface area contributed by atoms with Crippen LogP contribution in [0.3, 0.4) is 0 Å². The lowest BCUT2D eigenvalue weighted by Gasteiger charge is -2.27. The third-order valence-corrected chi connectivity index (χ3v) is 2.03. The van der Waals surface area contributed by atoms with Gasteiger partial charge in [0.15, 0.2) is 0 Å². The maximum absolute atomic E-state index is 10.7. The molecule has 1 rings (SSSR count). The predicted octanol–water partition coefficient (Wildman–Crippen LogP) is -0.187. The summed E-state index contributed by atoms with van der Waals surface area (Å²) in [7, 11) is 2.02. The van der Waals surface area contributed by atoms with Crippen LogP contribution in [0.2, 0.25) is 0 Å². The molecule has 1 aliphatic rings. The highest BCUT2D eigenvalue weighted by atomic mass is 16.1. The Balaban J connectivity index is 2.39. The number of likely N-dealkylation sites (tertiary alicyclic amines) is 1. The standard InChI is InChI=1S/C7H14N2O/c1-9-4-2-3-6(5-9)7(8)10/h6H,2-5H2,1H3,(H2,8,10)/t6-/m0/s1. The van der Waals surface area contributed by atoms with Crippen LogP contribution >= 0.6 is 0 Å². The Hall–Kier alpha value is -0.570. The molecular weight excluding hydrogens is 128 g/mol. The first-order valence-corrected chi connectivity index (χ1v) is 3.68. The summed E-state index contributed by atoms with van der Waals surface area (Å²) in [5.74, 6) is -0.0506. The van der Waals surface area contributed by atoms with Gasteiger partial charge in [-0.3, -0.25) is 4.79 Å². The van der Waals surface area contributed by atoms with Crippen LogP contribution in [-0.2, 0) is 4.79 Å². The van der Waals surface area contributed by atoms with Crippen molar-refractivity contribution in [3.05, 3.63) is 0 Å². The first-order valence-electron chi connectivity index (χ1n) is 3.68. The Morgan fingerprint density at radius 3 is 2.80 bits per heavy atom. The Labute approximate surface area is 61.2 Å². The lowest BCUT2D eigenvalue weighted by Crippen LogP contribution is -2.38. The van der Waals surface area contributed by atoms with E-state index in [1.54, 1.807) is 0 Å². The molecule has 0 bridgehead atoms. The molecule has 1 heterocycles. The molecule has 1 saturated heterocycles. The summed E-state index contributed by atoms with van der Waals surface area (Å²) in [6.45, 7) is 1.94. The van der Waals surface area contributed by atoms with Crippen molar-refractivity contribution in [2.24, 2.45) is 11.7 Å². The Morgan fingerprint density at radius 2 is 2.40 bits per heavy atom. The second kappa shape index (κ2) is 3.01. The fraction of sp³-hybridized carbons (Fsp3) is 0.857. The average molecular weight is 142 g/mol. The van der Waals surface area contributed by atoms with Gasteiger partial charge in [-0.25, -0.2) is 0 Å². The third-order valence-electron chi connectivity index (χ3n) is 2.03. The molecule has 0 aromatic rings. The highest BCUT2D eigenvalue weighted by Gasteiger charge is 2.20. The van der Waals surface area contributed by atoms with Gasteiger partial charge in [0.05, 0.1) is 5.92 Å². The number of nitrogens with zero attached hydrogens (tertiary/aromatic N) is 1. The maximum atomic E-state index is 10.7. The molecule has 1 fully saturated rings. The summed E-state index contributed by atoms with van der Waals surface area (Å²) in [6.07, 6.45) is 2.07. The van der Waals surface area contributed by atoms with E-state index in [-0.39, 0.29) is 11.8 Å². The predicted molar refractivity (Wildman–Crippen MR) is 39.4 cm³/mol. The van der Waals surface area contributed by atoms with Gasteiger partial charge in [-0.15, -0.1) is 0 Å². The molecule has 3 heteroatoms. The first-order chi connectivity index (χ1) is 4.70. The maximum Gasteiger partial charge on any atom is 0.221 e. The van der Waals surface area contributed by atoms with Crippen molar-refractivity contribution in [2.75, 3.05) is 20.1 Å². The topological polar surface area (TPSA) is 46.3 Å². The number of piperidine rings is 1. The summed E-state index contributed by atoms with van der Waals surface area (Å²) in [5, 5.41) is 0. The van der Waals surface area contributed by atoms with E-state index >= 15 is 0 Å². The molecule has 0 aromatic heterocycles. The van der Waals surface area contributed by atoms with E-state index in [1.165, 1.54) is 0 Å². The number of carbonyl (C=O) groups excluding carboxylic acids is 1. The van der Waals surface area contributed by atoms with Crippen LogP contribution in [0.4, 0.5) is 0 Å². The van der Waals surface area contributed by atoms with E-state index in [2.05, 4.69) is 4.90 Å². The molecule has 0 saturated carbocycles. The number of primary amides is 1. The fourth-order valence-electron chi connectivity index (χ4n) is 1.40. The van der Waals surface area contributed by atoms with Crippen molar-refractivity contribution in [3.63, 3.8) is 0 Å². The summed E-state index contributed by atoms with van der Waals surface area (Å²) in [6, 6.07) is 0. The molecule has 0 spiro atoms. The van der Waals surface area contributed by atoms with Gasteiger partial charge in [0.2, 0.25) is 5.91 Å². The van der Waals surface area contributed by atoms with Crippen molar-refractivity contribution >= 4 is 5.91 Å². The number of rotatable bonds is 1. The lowest BCUT2D eigenvalue weighted by atomic mass is 9.98. The molecular formula is C7H14N2O. The normalized spacial score (nSPS) is 28.3. The zero-order valence-electron chi connectivity index (χ0n) is 6.34. The SMILES string of the molecule is CN1CCC[C@H](C(N)=O)C1. The summed E-state index contributed by atoms with van der Waals surface area (Å²) in [4.78, 5) is 12.8. The zero-order chi connectivity index (χ0) is 7.56. The average Bonchev–Trinajstić information content (AvgIpc) is 1.88.